The monoisotopic (exact) mass is 258 g/mol. The molecule has 3 N–H and O–H groups in total. The Hall–Kier alpha value is 1.13. The van der Waals surface area contributed by atoms with Gasteiger partial charge in [-0.15, -0.1) is 0 Å². The van der Waals surface area contributed by atoms with Crippen molar-refractivity contribution in [3.8, 4) is 0 Å². The Kier molecular flexibility index (Phi) is 2.11. The minimum atomic E-state index is -3.78. The van der Waals surface area contributed by atoms with Gasteiger partial charge in [0.15, 0.2) is 0 Å². The molecular weight excluding hydrogens is 254 g/mol. The summed E-state index contributed by atoms with van der Waals surface area (Å²) in [6.07, 6.45) is 0. The maximum atomic E-state index is 7.77. The third-order valence-corrected chi connectivity index (χ3v) is 0. The van der Waals surface area contributed by atoms with Gasteiger partial charge in [0, 0.05) is 0 Å². The van der Waals surface area contributed by atoms with E-state index < -0.39 is 10.6 Å². The van der Waals surface area contributed by atoms with E-state index in [1.165, 1.54) is 20.3 Å². The Morgan fingerprint density at radius 3 is 1.20 bits per heavy atom. The van der Waals surface area contributed by atoms with E-state index in [0.717, 1.165) is 0 Å². The van der Waals surface area contributed by atoms with Gasteiger partial charge in [0.1, 0.15) is 0 Å². The van der Waals surface area contributed by atoms with Crippen LogP contribution in [0.3, 0.4) is 0 Å². The zero-order valence-corrected chi connectivity index (χ0v) is 6.00. The molecule has 0 fully saturated rings. The van der Waals surface area contributed by atoms with Crippen LogP contribution in [0.15, 0.2) is 0 Å². The van der Waals surface area contributed by atoms with E-state index >= 15 is 0 Å². The van der Waals surface area contributed by atoms with Crippen LogP contribution in [-0.4, -0.2) is 23.2 Å². The zero-order valence-electron chi connectivity index (χ0n) is 2.13. The summed E-state index contributed by atoms with van der Waals surface area (Å²) in [6.45, 7) is 0. The molecule has 0 amide bonds. The summed E-state index contributed by atoms with van der Waals surface area (Å²) in [5.41, 5.74) is 0. The maximum absolute atomic E-state index is 7.77. The molecule has 0 atom stereocenters. The Labute approximate surface area is 43.6 Å². The molecule has 0 saturated heterocycles. The molecule has 34 valence electrons. The van der Waals surface area contributed by atoms with Crippen molar-refractivity contribution in [2.75, 3.05) is 0 Å². The molecule has 0 heterocycles. The Balaban J connectivity index is 3.02. The van der Waals surface area contributed by atoms with Crippen molar-refractivity contribution in [2.45, 2.75) is 0 Å². The van der Waals surface area contributed by atoms with Crippen molar-refractivity contribution in [1.82, 2.24) is 0 Å². The summed E-state index contributed by atoms with van der Waals surface area (Å²) in [7, 11) is -3.78. The number of halogens is 1. The van der Waals surface area contributed by atoms with Gasteiger partial charge in [-0.3, -0.25) is 0 Å². The fraction of sp³-hybridized carbons (Fsp3) is 0. The van der Waals surface area contributed by atoms with Crippen LogP contribution >= 0.6 is 20.3 Å². The first-order chi connectivity index (χ1) is 2.00. The Morgan fingerprint density at radius 1 is 1.20 bits per heavy atom. The van der Waals surface area contributed by atoms with Crippen molar-refractivity contribution in [1.29, 1.82) is 0 Å². The Bertz CT molecular complexity index is 22.4. The number of hydrogen-bond donors (Lipinski definition) is 3. The molecule has 0 saturated carbocycles. The molecule has 5 heteroatoms. The fourth-order valence-corrected chi connectivity index (χ4v) is 0. The van der Waals surface area contributed by atoms with Crippen molar-refractivity contribution < 1.29 is 12.6 Å². The van der Waals surface area contributed by atoms with Crippen molar-refractivity contribution in [3.05, 3.63) is 0 Å². The molecule has 0 unspecified atom stereocenters. The molecule has 0 rings (SSSR count). The van der Waals surface area contributed by atoms with E-state index in [1.807, 2.05) is 0 Å². The first kappa shape index (κ1) is 6.13. The van der Waals surface area contributed by atoms with Crippen molar-refractivity contribution in [3.63, 3.8) is 0 Å². The van der Waals surface area contributed by atoms with Gasteiger partial charge in [0.2, 0.25) is 0 Å². The van der Waals surface area contributed by atoms with Gasteiger partial charge in [-0.1, -0.05) is 0 Å². The second-order valence-electron chi connectivity index (χ2n) is 0.452. The van der Waals surface area contributed by atoms with E-state index in [9.17, 15) is 0 Å². The minimum absolute atomic E-state index is 1.20. The van der Waals surface area contributed by atoms with Gasteiger partial charge in [0.05, 0.1) is 0 Å². The second kappa shape index (κ2) is 1.72. The van der Waals surface area contributed by atoms with E-state index in [2.05, 4.69) is 0 Å². The second-order valence-corrected chi connectivity index (χ2v) is 8.49. The normalized spacial score (nSPS) is 15.2. The topological polar surface area (TPSA) is 60.7 Å². The average molecular weight is 257 g/mol. The van der Waals surface area contributed by atoms with Crippen LogP contribution in [0.1, 0.15) is 0 Å². The van der Waals surface area contributed by atoms with Gasteiger partial charge < -0.3 is 0 Å². The average Bonchev–Trinajstić information content (AvgIpc) is 0.722. The summed E-state index contributed by atoms with van der Waals surface area (Å²) in [4.78, 5) is 0. The van der Waals surface area contributed by atoms with Gasteiger partial charge in [-0.2, -0.15) is 0 Å². The zero-order chi connectivity index (χ0) is 4.50. The van der Waals surface area contributed by atoms with Crippen molar-refractivity contribution >= 4 is 30.9 Å². The molecule has 0 bridgehead atoms. The van der Waals surface area contributed by atoms with E-state index in [1.54, 1.807) is 0 Å². The molecule has 0 aromatic carbocycles. The van der Waals surface area contributed by atoms with Crippen molar-refractivity contribution in [2.24, 2.45) is 0 Å². The first-order valence-electron chi connectivity index (χ1n) is 0.702. The molecule has 0 aromatic heterocycles. The van der Waals surface area contributed by atoms with Crippen LogP contribution in [0.5, 0.6) is 0 Å². The summed E-state index contributed by atoms with van der Waals surface area (Å²) < 4.78 is 23.3. The number of rotatable bonds is 0. The predicted octanol–water partition coefficient (Wildman–Crippen LogP) is -1.17. The summed E-state index contributed by atoms with van der Waals surface area (Å²) in [5.74, 6) is 0. The van der Waals surface area contributed by atoms with Gasteiger partial charge in [-0.05, 0) is 0 Å². The summed E-state index contributed by atoms with van der Waals surface area (Å²) >= 11 is 1.20. The van der Waals surface area contributed by atoms with Gasteiger partial charge >= 0.3 is 43.5 Å². The molecule has 0 aliphatic rings. The molecule has 3 nitrogen and oxygen atoms in total. The van der Waals surface area contributed by atoms with E-state index in [0.29, 0.717) is 0 Å². The number of hydrogen-bond acceptors (Lipinski definition) is 3. The van der Waals surface area contributed by atoms with E-state index in [-0.39, 0.29) is 0 Å². The summed E-state index contributed by atoms with van der Waals surface area (Å²) in [5, 5.41) is 0. The molecule has 0 radical (unpaired) electrons. The molecule has 0 spiro atoms. The molecule has 5 heavy (non-hydrogen) atoms. The first-order valence-corrected chi connectivity index (χ1v) is 8.22. The van der Waals surface area contributed by atoms with Gasteiger partial charge in [0.25, 0.3) is 0 Å². The van der Waals surface area contributed by atoms with Crippen LogP contribution in [0.2, 0.25) is 0 Å². The van der Waals surface area contributed by atoms with Crippen LogP contribution in [-0.2, 0) is 0 Å². The molecule has 0 aliphatic heterocycles. The van der Waals surface area contributed by atoms with Crippen LogP contribution in [0.25, 0.3) is 0 Å². The fourth-order valence-electron chi connectivity index (χ4n) is 0. The standard InChI is InChI=1S/H3IO3Se/c1-5(2,3)4/h2-4H. The molecule has 0 aromatic rings. The van der Waals surface area contributed by atoms with Gasteiger partial charge in [-0.25, -0.2) is 0 Å². The Morgan fingerprint density at radius 2 is 1.20 bits per heavy atom. The quantitative estimate of drug-likeness (QED) is 0.378. The molecular formula is H3IO3Se. The van der Waals surface area contributed by atoms with E-state index in [4.69, 9.17) is 12.6 Å². The SMILES string of the molecule is O[Se](O)(O)I. The van der Waals surface area contributed by atoms with Crippen LogP contribution in [0.4, 0.5) is 0 Å². The predicted molar refractivity (Wildman–Crippen MR) is 26.4 cm³/mol. The molecule has 0 aliphatic carbocycles. The third kappa shape index (κ3) is 39.4. The summed E-state index contributed by atoms with van der Waals surface area (Å²) in [6, 6.07) is 0. The van der Waals surface area contributed by atoms with Crippen LogP contribution < -0.4 is 0 Å². The third-order valence-electron chi connectivity index (χ3n) is 0. The van der Waals surface area contributed by atoms with Crippen LogP contribution in [0, 0.1) is 0 Å².